The van der Waals surface area contributed by atoms with Gasteiger partial charge in [-0.05, 0) is 6.42 Å². The zero-order valence-electron chi connectivity index (χ0n) is 7.56. The van der Waals surface area contributed by atoms with Gasteiger partial charge >= 0.3 is 6.03 Å². The standard InChI is InChI=1S/C7H12N2O2S2/c1-3-6(13-12)9-4-5(10)8(2)7(9)11/h6,12H,3-4H2,1-2H3. The number of likely N-dealkylation sites (N-methyl/N-ethyl adjacent to an activating group) is 1. The number of carbonyl (C=O) groups is 2. The Morgan fingerprint density at radius 2 is 2.23 bits per heavy atom. The summed E-state index contributed by atoms with van der Waals surface area (Å²) < 4.78 is 0. The van der Waals surface area contributed by atoms with Gasteiger partial charge in [0, 0.05) is 7.05 Å². The molecule has 1 unspecified atom stereocenters. The Balaban J connectivity index is 2.72. The number of hydrogen-bond acceptors (Lipinski definition) is 4. The number of rotatable bonds is 3. The monoisotopic (exact) mass is 220 g/mol. The van der Waals surface area contributed by atoms with E-state index in [1.54, 1.807) is 4.90 Å². The van der Waals surface area contributed by atoms with Crippen LogP contribution in [0, 0.1) is 0 Å². The molecule has 1 atom stereocenters. The third kappa shape index (κ3) is 1.94. The smallest absolute Gasteiger partial charge is 0.302 e. The fraction of sp³-hybridized carbons (Fsp3) is 0.714. The maximum Gasteiger partial charge on any atom is 0.327 e. The Hall–Kier alpha value is -0.360. The second-order valence-electron chi connectivity index (χ2n) is 2.83. The van der Waals surface area contributed by atoms with E-state index >= 15 is 0 Å². The molecule has 1 aliphatic rings. The number of urea groups is 1. The van der Waals surface area contributed by atoms with E-state index in [2.05, 4.69) is 11.7 Å². The minimum Gasteiger partial charge on any atom is -0.302 e. The number of nitrogens with zero attached hydrogens (tertiary/aromatic N) is 2. The fourth-order valence-corrected chi connectivity index (χ4v) is 2.41. The van der Waals surface area contributed by atoms with Crippen molar-refractivity contribution in [1.82, 2.24) is 9.80 Å². The molecule has 6 heteroatoms. The molecule has 1 rings (SSSR count). The van der Waals surface area contributed by atoms with Gasteiger partial charge in [-0.2, -0.15) is 0 Å². The Morgan fingerprint density at radius 3 is 2.54 bits per heavy atom. The number of carbonyl (C=O) groups excluding carboxylic acids is 2. The molecule has 0 radical (unpaired) electrons. The summed E-state index contributed by atoms with van der Waals surface area (Å²) in [7, 11) is 2.80. The van der Waals surface area contributed by atoms with Crippen LogP contribution in [0.25, 0.3) is 0 Å². The van der Waals surface area contributed by atoms with Crippen LogP contribution in [-0.4, -0.2) is 40.7 Å². The van der Waals surface area contributed by atoms with Gasteiger partial charge < -0.3 is 4.90 Å². The second-order valence-corrected chi connectivity index (χ2v) is 4.22. The zero-order valence-corrected chi connectivity index (χ0v) is 9.27. The van der Waals surface area contributed by atoms with Crippen molar-refractivity contribution in [3.05, 3.63) is 0 Å². The summed E-state index contributed by atoms with van der Waals surface area (Å²) in [6.45, 7) is 2.14. The lowest BCUT2D eigenvalue weighted by Crippen LogP contribution is -2.35. The van der Waals surface area contributed by atoms with Gasteiger partial charge in [-0.3, -0.25) is 9.69 Å². The SMILES string of the molecule is CCC(SS)N1CC(=O)N(C)C1=O. The Morgan fingerprint density at radius 1 is 1.62 bits per heavy atom. The average molecular weight is 220 g/mol. The molecule has 0 aliphatic carbocycles. The fourth-order valence-electron chi connectivity index (χ4n) is 1.20. The van der Waals surface area contributed by atoms with Crippen LogP contribution in [0.15, 0.2) is 0 Å². The van der Waals surface area contributed by atoms with E-state index < -0.39 is 0 Å². The van der Waals surface area contributed by atoms with E-state index in [0.717, 1.165) is 11.3 Å². The van der Waals surface area contributed by atoms with Crippen molar-refractivity contribution in [2.75, 3.05) is 13.6 Å². The van der Waals surface area contributed by atoms with Gasteiger partial charge in [0.05, 0.1) is 5.37 Å². The minimum atomic E-state index is -0.224. The van der Waals surface area contributed by atoms with Gasteiger partial charge in [0.2, 0.25) is 5.91 Å². The lowest BCUT2D eigenvalue weighted by atomic mass is 10.4. The number of imide groups is 1. The van der Waals surface area contributed by atoms with Crippen LogP contribution >= 0.6 is 22.5 Å². The maximum atomic E-state index is 11.5. The molecule has 0 aromatic heterocycles. The molecule has 74 valence electrons. The van der Waals surface area contributed by atoms with Crippen molar-refractivity contribution < 1.29 is 9.59 Å². The third-order valence-corrected chi connectivity index (χ3v) is 3.59. The number of hydrogen-bond donors (Lipinski definition) is 1. The van der Waals surface area contributed by atoms with Crippen molar-refractivity contribution in [1.29, 1.82) is 0 Å². The summed E-state index contributed by atoms with van der Waals surface area (Å²) >= 11 is 4.06. The van der Waals surface area contributed by atoms with Crippen molar-refractivity contribution in [2.24, 2.45) is 0 Å². The lowest BCUT2D eigenvalue weighted by molar-refractivity contribution is -0.124. The lowest BCUT2D eigenvalue weighted by Gasteiger charge is -2.22. The van der Waals surface area contributed by atoms with Crippen LogP contribution < -0.4 is 0 Å². The Kier molecular flexibility index (Phi) is 3.49. The molecule has 0 aromatic carbocycles. The minimum absolute atomic E-state index is 0.00951. The molecule has 0 spiro atoms. The Labute approximate surface area is 86.4 Å². The van der Waals surface area contributed by atoms with Crippen LogP contribution in [0.2, 0.25) is 0 Å². The first-order chi connectivity index (χ1) is 6.11. The third-order valence-electron chi connectivity index (χ3n) is 2.03. The van der Waals surface area contributed by atoms with Crippen LogP contribution in [0.5, 0.6) is 0 Å². The topological polar surface area (TPSA) is 40.6 Å². The quantitative estimate of drug-likeness (QED) is 0.441. The molecule has 1 fully saturated rings. The molecular formula is C7H12N2O2S2. The molecule has 1 aliphatic heterocycles. The summed E-state index contributed by atoms with van der Waals surface area (Å²) in [6, 6.07) is -0.224. The average Bonchev–Trinajstić information content (AvgIpc) is 2.36. The van der Waals surface area contributed by atoms with Gasteiger partial charge in [0.1, 0.15) is 6.54 Å². The van der Waals surface area contributed by atoms with E-state index in [1.807, 2.05) is 6.92 Å². The predicted molar refractivity (Wildman–Crippen MR) is 55.5 cm³/mol. The second kappa shape index (κ2) is 4.23. The van der Waals surface area contributed by atoms with Gasteiger partial charge in [-0.25, -0.2) is 4.79 Å². The molecular weight excluding hydrogens is 208 g/mol. The first kappa shape index (κ1) is 10.7. The molecule has 13 heavy (non-hydrogen) atoms. The van der Waals surface area contributed by atoms with E-state index in [0.29, 0.717) is 0 Å². The van der Waals surface area contributed by atoms with Crippen LogP contribution in [0.1, 0.15) is 13.3 Å². The molecule has 4 nitrogen and oxygen atoms in total. The highest BCUT2D eigenvalue weighted by Gasteiger charge is 2.36. The van der Waals surface area contributed by atoms with Crippen LogP contribution in [-0.2, 0) is 4.79 Å². The molecule has 0 aromatic rings. The van der Waals surface area contributed by atoms with Crippen LogP contribution in [0.3, 0.4) is 0 Å². The molecule has 0 bridgehead atoms. The first-order valence-electron chi connectivity index (χ1n) is 3.99. The van der Waals surface area contributed by atoms with Crippen molar-refractivity contribution in [2.45, 2.75) is 18.7 Å². The largest absolute Gasteiger partial charge is 0.327 e. The summed E-state index contributed by atoms with van der Waals surface area (Å²) in [6.07, 6.45) is 0.793. The summed E-state index contributed by atoms with van der Waals surface area (Å²) in [4.78, 5) is 25.3. The summed E-state index contributed by atoms with van der Waals surface area (Å²) in [5.41, 5.74) is 0. The van der Waals surface area contributed by atoms with E-state index in [9.17, 15) is 9.59 Å². The van der Waals surface area contributed by atoms with Gasteiger partial charge in [0.15, 0.2) is 0 Å². The van der Waals surface area contributed by atoms with E-state index in [4.69, 9.17) is 0 Å². The number of amides is 3. The Bertz CT molecular complexity index is 231. The molecule has 3 amide bonds. The highest BCUT2D eigenvalue weighted by molar-refractivity contribution is 8.68. The molecule has 1 heterocycles. The maximum absolute atomic E-state index is 11.5. The first-order valence-corrected chi connectivity index (χ1v) is 5.92. The van der Waals surface area contributed by atoms with E-state index in [-0.39, 0.29) is 23.9 Å². The van der Waals surface area contributed by atoms with Crippen molar-refractivity contribution >= 4 is 34.4 Å². The summed E-state index contributed by atoms with van der Waals surface area (Å²) in [5.74, 6) is -0.147. The van der Waals surface area contributed by atoms with Gasteiger partial charge in [-0.1, -0.05) is 17.7 Å². The highest BCUT2D eigenvalue weighted by atomic mass is 33.1. The summed E-state index contributed by atoms with van der Waals surface area (Å²) in [5, 5.41) is -0.00951. The molecule has 0 saturated carbocycles. The zero-order chi connectivity index (χ0) is 10.0. The highest BCUT2D eigenvalue weighted by Crippen LogP contribution is 2.25. The predicted octanol–water partition coefficient (Wildman–Crippen LogP) is 1.19. The molecule has 0 N–H and O–H groups in total. The van der Waals surface area contributed by atoms with Gasteiger partial charge in [0.25, 0.3) is 0 Å². The van der Waals surface area contributed by atoms with Crippen LogP contribution in [0.4, 0.5) is 4.79 Å². The van der Waals surface area contributed by atoms with Crippen molar-refractivity contribution in [3.63, 3.8) is 0 Å². The molecule has 1 saturated heterocycles. The number of thiol groups is 1. The normalized spacial score (nSPS) is 19.9. The van der Waals surface area contributed by atoms with E-state index in [1.165, 1.54) is 17.8 Å². The van der Waals surface area contributed by atoms with Gasteiger partial charge in [-0.15, -0.1) is 11.7 Å². The van der Waals surface area contributed by atoms with Crippen molar-refractivity contribution in [3.8, 4) is 0 Å².